The molecule has 1 aromatic carbocycles. The predicted molar refractivity (Wildman–Crippen MR) is 64.1 cm³/mol. The lowest BCUT2D eigenvalue weighted by molar-refractivity contribution is 0.103. The van der Waals surface area contributed by atoms with Crippen LogP contribution in [0, 0.1) is 27.7 Å². The first-order chi connectivity index (χ1) is 7.49. The minimum absolute atomic E-state index is 0.0128. The number of benzene rings is 1. The second-order valence-corrected chi connectivity index (χ2v) is 4.51. The molecule has 0 unspecified atom stereocenters. The van der Waals surface area contributed by atoms with Gasteiger partial charge in [-0.15, -0.1) is 0 Å². The van der Waals surface area contributed by atoms with Crippen LogP contribution in [-0.2, 0) is 6.42 Å². The summed E-state index contributed by atoms with van der Waals surface area (Å²) in [5.41, 5.74) is 7.08. The van der Waals surface area contributed by atoms with Crippen LogP contribution in [0.5, 0.6) is 0 Å². The number of allylic oxidation sites excluding steroid dienone is 1. The molecule has 0 saturated carbocycles. The van der Waals surface area contributed by atoms with E-state index >= 15 is 0 Å². The summed E-state index contributed by atoms with van der Waals surface area (Å²) >= 11 is 0. The zero-order chi connectivity index (χ0) is 12.0. The number of ketones is 1. The largest absolute Gasteiger partial charge is 0.515 e. The van der Waals surface area contributed by atoms with Crippen LogP contribution in [-0.4, -0.2) is 10.9 Å². The Morgan fingerprint density at radius 1 is 1.00 bits per heavy atom. The van der Waals surface area contributed by atoms with Crippen molar-refractivity contribution in [2.75, 3.05) is 0 Å². The van der Waals surface area contributed by atoms with Crippen molar-refractivity contribution in [3.63, 3.8) is 0 Å². The molecule has 1 aromatic rings. The average molecular weight is 216 g/mol. The molecule has 0 heterocycles. The van der Waals surface area contributed by atoms with Crippen molar-refractivity contribution in [3.8, 4) is 0 Å². The molecule has 0 aliphatic heterocycles. The summed E-state index contributed by atoms with van der Waals surface area (Å²) in [5.74, 6) is -0.0128. The van der Waals surface area contributed by atoms with Crippen LogP contribution in [0.4, 0.5) is 0 Å². The average Bonchev–Trinajstić information content (AvgIpc) is 2.61. The van der Waals surface area contributed by atoms with E-state index < -0.39 is 0 Å². The Balaban J connectivity index is 2.81. The summed E-state index contributed by atoms with van der Waals surface area (Å²) in [6, 6.07) is 0. The number of carbonyl (C=O) groups excluding carboxylic acids is 1. The van der Waals surface area contributed by atoms with Gasteiger partial charge in [-0.25, -0.2) is 0 Å². The van der Waals surface area contributed by atoms with E-state index in [1.807, 2.05) is 20.8 Å². The summed E-state index contributed by atoms with van der Waals surface area (Å²) in [6.45, 7) is 8.17. The van der Waals surface area contributed by atoms with Gasteiger partial charge in [-0.1, -0.05) is 0 Å². The second-order valence-electron chi connectivity index (χ2n) is 4.51. The highest BCUT2D eigenvalue weighted by Crippen LogP contribution is 2.35. The second kappa shape index (κ2) is 3.48. The number of hydrogen-bond donors (Lipinski definition) is 1. The molecule has 0 radical (unpaired) electrons. The van der Waals surface area contributed by atoms with Crippen LogP contribution in [0.3, 0.4) is 0 Å². The van der Waals surface area contributed by atoms with Crippen LogP contribution in [0.1, 0.15) is 38.2 Å². The van der Waals surface area contributed by atoms with Gasteiger partial charge in [0.15, 0.2) is 5.78 Å². The molecule has 2 nitrogen and oxygen atoms in total. The lowest BCUT2D eigenvalue weighted by atomic mass is 9.90. The normalized spacial score (nSPS) is 17.0. The van der Waals surface area contributed by atoms with Crippen LogP contribution in [0.2, 0.25) is 0 Å². The third-order valence-corrected chi connectivity index (χ3v) is 3.86. The Kier molecular flexibility index (Phi) is 2.38. The van der Waals surface area contributed by atoms with Crippen molar-refractivity contribution in [3.05, 3.63) is 45.2 Å². The molecule has 0 spiro atoms. The number of carbonyl (C=O) groups is 1. The van der Waals surface area contributed by atoms with Crippen molar-refractivity contribution >= 4 is 5.78 Å². The summed E-state index contributed by atoms with van der Waals surface area (Å²) in [6.07, 6.45) is 1.52. The fourth-order valence-electron chi connectivity index (χ4n) is 2.45. The van der Waals surface area contributed by atoms with Crippen molar-refractivity contribution in [2.45, 2.75) is 34.1 Å². The Labute approximate surface area is 95.6 Å². The number of aliphatic hydroxyl groups is 1. The summed E-state index contributed by atoms with van der Waals surface area (Å²) in [5, 5.41) is 9.05. The molecule has 1 aliphatic rings. The van der Waals surface area contributed by atoms with E-state index in [0.29, 0.717) is 12.0 Å². The standard InChI is InChI=1S/C14H16O2/c1-7-8(2)10(4)13-12(9(7)3)5-11(6-15)14(13)16/h6,15H,5H2,1-4H3/b11-6-. The number of rotatable bonds is 0. The Morgan fingerprint density at radius 3 is 2.12 bits per heavy atom. The highest BCUT2D eigenvalue weighted by molar-refractivity contribution is 6.14. The fraction of sp³-hybridized carbons (Fsp3) is 0.357. The van der Waals surface area contributed by atoms with Gasteiger partial charge >= 0.3 is 0 Å². The summed E-state index contributed by atoms with van der Waals surface area (Å²) < 4.78 is 0. The molecule has 0 amide bonds. The van der Waals surface area contributed by atoms with E-state index in [2.05, 4.69) is 6.92 Å². The van der Waals surface area contributed by atoms with Crippen LogP contribution < -0.4 is 0 Å². The predicted octanol–water partition coefficient (Wildman–Crippen LogP) is 3.10. The molecule has 0 atom stereocenters. The maximum Gasteiger partial charge on any atom is 0.192 e. The van der Waals surface area contributed by atoms with Crippen LogP contribution in [0.25, 0.3) is 0 Å². The number of hydrogen-bond acceptors (Lipinski definition) is 2. The zero-order valence-corrected chi connectivity index (χ0v) is 10.1. The first-order valence-corrected chi connectivity index (χ1v) is 5.46. The molecule has 16 heavy (non-hydrogen) atoms. The summed E-state index contributed by atoms with van der Waals surface area (Å²) in [4.78, 5) is 12.0. The van der Waals surface area contributed by atoms with Gasteiger partial charge in [0.1, 0.15) is 0 Å². The first kappa shape index (κ1) is 10.9. The van der Waals surface area contributed by atoms with Gasteiger partial charge in [-0.2, -0.15) is 0 Å². The molecule has 1 N–H and O–H groups in total. The SMILES string of the molecule is Cc1c(C)c(C)c2c(c1C)C/C(=C/O)C2=O. The van der Waals surface area contributed by atoms with Crippen LogP contribution in [0.15, 0.2) is 11.8 Å². The van der Waals surface area contributed by atoms with Crippen LogP contribution >= 0.6 is 0 Å². The third-order valence-electron chi connectivity index (χ3n) is 3.86. The van der Waals surface area contributed by atoms with Crippen molar-refractivity contribution in [2.24, 2.45) is 0 Å². The zero-order valence-electron chi connectivity index (χ0n) is 10.1. The minimum Gasteiger partial charge on any atom is -0.515 e. The number of Topliss-reactive ketones (excluding diaryl/α,β-unsaturated/α-hetero) is 1. The molecule has 2 heteroatoms. The minimum atomic E-state index is -0.0128. The quantitative estimate of drug-likeness (QED) is 0.534. The Morgan fingerprint density at radius 2 is 1.56 bits per heavy atom. The molecule has 0 aromatic heterocycles. The molecule has 0 saturated heterocycles. The van der Waals surface area contributed by atoms with Gasteiger partial charge in [0.2, 0.25) is 0 Å². The molecule has 84 valence electrons. The van der Waals surface area contributed by atoms with Gasteiger partial charge in [0, 0.05) is 17.6 Å². The van der Waals surface area contributed by atoms with E-state index in [1.54, 1.807) is 0 Å². The van der Waals surface area contributed by atoms with Crippen molar-refractivity contribution in [1.29, 1.82) is 0 Å². The highest BCUT2D eigenvalue weighted by Gasteiger charge is 2.29. The molecule has 0 fully saturated rings. The maximum atomic E-state index is 12.0. The van der Waals surface area contributed by atoms with Gasteiger partial charge in [-0.3, -0.25) is 4.79 Å². The van der Waals surface area contributed by atoms with Gasteiger partial charge in [0.25, 0.3) is 0 Å². The monoisotopic (exact) mass is 216 g/mol. The van der Waals surface area contributed by atoms with Gasteiger partial charge in [0.05, 0.1) is 6.26 Å². The highest BCUT2D eigenvalue weighted by atomic mass is 16.2. The Hall–Kier alpha value is -1.57. The Bertz CT molecular complexity index is 522. The molecule has 2 rings (SSSR count). The van der Waals surface area contributed by atoms with Crippen molar-refractivity contribution in [1.82, 2.24) is 0 Å². The lowest BCUT2D eigenvalue weighted by Gasteiger charge is -2.14. The summed E-state index contributed by atoms with van der Waals surface area (Å²) in [7, 11) is 0. The molecular formula is C14H16O2. The smallest absolute Gasteiger partial charge is 0.192 e. The maximum absolute atomic E-state index is 12.0. The number of fused-ring (bicyclic) bond motifs is 1. The number of aliphatic hydroxyl groups excluding tert-OH is 1. The fourth-order valence-corrected chi connectivity index (χ4v) is 2.45. The van der Waals surface area contributed by atoms with E-state index in [0.717, 1.165) is 23.0 Å². The van der Waals surface area contributed by atoms with Gasteiger partial charge < -0.3 is 5.11 Å². The topological polar surface area (TPSA) is 37.3 Å². The molecule has 0 bridgehead atoms. The lowest BCUT2D eigenvalue weighted by Crippen LogP contribution is -2.03. The molecule has 1 aliphatic carbocycles. The van der Waals surface area contributed by atoms with E-state index in [9.17, 15) is 4.79 Å². The van der Waals surface area contributed by atoms with E-state index in [-0.39, 0.29) is 5.78 Å². The third kappa shape index (κ3) is 1.22. The van der Waals surface area contributed by atoms with Gasteiger partial charge in [-0.05, 0) is 55.5 Å². The van der Waals surface area contributed by atoms with E-state index in [4.69, 9.17) is 5.11 Å². The van der Waals surface area contributed by atoms with E-state index in [1.165, 1.54) is 16.7 Å². The van der Waals surface area contributed by atoms with Crippen molar-refractivity contribution < 1.29 is 9.90 Å². The molecular weight excluding hydrogens is 200 g/mol. The first-order valence-electron chi connectivity index (χ1n) is 5.46.